The maximum atomic E-state index is 5.66. The molecule has 2 unspecified atom stereocenters. The minimum absolute atomic E-state index is 0.703. The van der Waals surface area contributed by atoms with Crippen LogP contribution in [0.4, 0.5) is 0 Å². The van der Waals surface area contributed by atoms with Crippen LogP contribution in [0.25, 0.3) is 0 Å². The first kappa shape index (κ1) is 14.2. The predicted octanol–water partition coefficient (Wildman–Crippen LogP) is 4.09. The fraction of sp³-hybridized carbons (Fsp3) is 1.00. The molecule has 0 bridgehead atoms. The van der Waals surface area contributed by atoms with Crippen LogP contribution >= 0.6 is 11.6 Å². The minimum Gasteiger partial charge on any atom is -0.381 e. The molecule has 0 aromatic heterocycles. The van der Waals surface area contributed by atoms with E-state index in [9.17, 15) is 0 Å². The molecule has 86 valence electrons. The number of hydrogen-bond acceptors (Lipinski definition) is 1. The minimum atomic E-state index is 0.703. The van der Waals surface area contributed by atoms with Gasteiger partial charge in [-0.25, -0.2) is 0 Å². The van der Waals surface area contributed by atoms with Crippen LogP contribution in [0.15, 0.2) is 0 Å². The summed E-state index contributed by atoms with van der Waals surface area (Å²) in [5, 5.41) is 0. The van der Waals surface area contributed by atoms with Crippen LogP contribution in [0.1, 0.15) is 46.5 Å². The molecule has 2 atom stereocenters. The molecule has 0 amide bonds. The molecule has 0 spiro atoms. The molecule has 1 nitrogen and oxygen atoms in total. The van der Waals surface area contributed by atoms with Crippen LogP contribution in [0.3, 0.4) is 0 Å². The van der Waals surface area contributed by atoms with Gasteiger partial charge in [-0.2, -0.15) is 0 Å². The molecule has 0 aromatic carbocycles. The van der Waals surface area contributed by atoms with Crippen molar-refractivity contribution in [2.45, 2.75) is 46.5 Å². The third-order valence-corrected chi connectivity index (χ3v) is 2.76. The molecule has 0 aromatic rings. The lowest BCUT2D eigenvalue weighted by molar-refractivity contribution is 0.0917. The molecule has 2 heteroatoms. The highest BCUT2D eigenvalue weighted by molar-refractivity contribution is 6.17. The van der Waals surface area contributed by atoms with Gasteiger partial charge in [0.15, 0.2) is 0 Å². The zero-order valence-corrected chi connectivity index (χ0v) is 10.6. The second-order valence-corrected chi connectivity index (χ2v) is 4.72. The SMILES string of the molecule is CCCC(C)COCCC(C)CCCl. The molecule has 0 fully saturated rings. The number of ether oxygens (including phenoxy) is 1. The fourth-order valence-corrected chi connectivity index (χ4v) is 1.85. The van der Waals surface area contributed by atoms with Crippen molar-refractivity contribution in [1.82, 2.24) is 0 Å². The van der Waals surface area contributed by atoms with Crippen molar-refractivity contribution in [3.8, 4) is 0 Å². The maximum Gasteiger partial charge on any atom is 0.0491 e. The molecule has 0 rings (SSSR count). The van der Waals surface area contributed by atoms with E-state index in [0.717, 1.165) is 31.9 Å². The Morgan fingerprint density at radius 1 is 1.07 bits per heavy atom. The summed E-state index contributed by atoms with van der Waals surface area (Å²) < 4.78 is 5.62. The topological polar surface area (TPSA) is 9.23 Å². The van der Waals surface area contributed by atoms with E-state index in [1.807, 2.05) is 0 Å². The standard InChI is InChI=1S/C12H25ClO/c1-4-5-12(3)10-14-9-7-11(2)6-8-13/h11-12H,4-10H2,1-3H3. The second-order valence-electron chi connectivity index (χ2n) is 4.34. The fourth-order valence-electron chi connectivity index (χ4n) is 1.48. The smallest absolute Gasteiger partial charge is 0.0491 e. The van der Waals surface area contributed by atoms with Gasteiger partial charge in [0.25, 0.3) is 0 Å². The summed E-state index contributed by atoms with van der Waals surface area (Å²) in [6, 6.07) is 0. The largest absolute Gasteiger partial charge is 0.381 e. The van der Waals surface area contributed by atoms with Crippen LogP contribution in [-0.4, -0.2) is 19.1 Å². The van der Waals surface area contributed by atoms with Crippen molar-refractivity contribution in [2.75, 3.05) is 19.1 Å². The van der Waals surface area contributed by atoms with E-state index in [1.54, 1.807) is 0 Å². The van der Waals surface area contributed by atoms with Gasteiger partial charge in [0.2, 0.25) is 0 Å². The summed E-state index contributed by atoms with van der Waals surface area (Å²) in [6.45, 7) is 8.53. The molecule has 0 radical (unpaired) electrons. The van der Waals surface area contributed by atoms with Crippen molar-refractivity contribution in [3.63, 3.8) is 0 Å². The van der Waals surface area contributed by atoms with E-state index in [0.29, 0.717) is 11.8 Å². The predicted molar refractivity (Wildman–Crippen MR) is 64.0 cm³/mol. The lowest BCUT2D eigenvalue weighted by atomic mass is 10.1. The number of alkyl halides is 1. The van der Waals surface area contributed by atoms with E-state index in [-0.39, 0.29) is 0 Å². The van der Waals surface area contributed by atoms with E-state index >= 15 is 0 Å². The zero-order valence-electron chi connectivity index (χ0n) is 9.89. The lowest BCUT2D eigenvalue weighted by Crippen LogP contribution is -2.09. The summed E-state index contributed by atoms with van der Waals surface area (Å²) in [5.74, 6) is 2.19. The normalized spacial score (nSPS) is 15.4. The van der Waals surface area contributed by atoms with Gasteiger partial charge in [0.05, 0.1) is 0 Å². The molecular formula is C12H25ClO. The van der Waals surface area contributed by atoms with Crippen molar-refractivity contribution in [3.05, 3.63) is 0 Å². The molecule has 0 saturated carbocycles. The van der Waals surface area contributed by atoms with Crippen molar-refractivity contribution >= 4 is 11.6 Å². The number of halogens is 1. The Balaban J connectivity index is 3.19. The second kappa shape index (κ2) is 9.79. The van der Waals surface area contributed by atoms with Gasteiger partial charge in [0.1, 0.15) is 0 Å². The number of rotatable bonds is 9. The molecule has 0 heterocycles. The van der Waals surface area contributed by atoms with E-state index < -0.39 is 0 Å². The molecule has 14 heavy (non-hydrogen) atoms. The molecule has 0 aliphatic carbocycles. The Labute approximate surface area is 94.2 Å². The van der Waals surface area contributed by atoms with Gasteiger partial charge in [-0.05, 0) is 31.1 Å². The first-order chi connectivity index (χ1) is 6.70. The van der Waals surface area contributed by atoms with E-state index in [1.165, 1.54) is 12.8 Å². The van der Waals surface area contributed by atoms with Gasteiger partial charge in [0, 0.05) is 19.1 Å². The van der Waals surface area contributed by atoms with Crippen LogP contribution < -0.4 is 0 Å². The van der Waals surface area contributed by atoms with Crippen LogP contribution in [0.2, 0.25) is 0 Å². The van der Waals surface area contributed by atoms with Gasteiger partial charge in [-0.15, -0.1) is 11.6 Å². The Morgan fingerprint density at radius 2 is 1.79 bits per heavy atom. The van der Waals surface area contributed by atoms with Crippen LogP contribution in [0.5, 0.6) is 0 Å². The zero-order chi connectivity index (χ0) is 10.8. The van der Waals surface area contributed by atoms with Crippen LogP contribution in [0, 0.1) is 11.8 Å². The van der Waals surface area contributed by atoms with Crippen molar-refractivity contribution in [1.29, 1.82) is 0 Å². The third-order valence-electron chi connectivity index (χ3n) is 2.54. The molecule has 0 aliphatic heterocycles. The first-order valence-electron chi connectivity index (χ1n) is 5.84. The summed E-state index contributed by atoms with van der Waals surface area (Å²) in [4.78, 5) is 0. The van der Waals surface area contributed by atoms with Crippen molar-refractivity contribution in [2.24, 2.45) is 11.8 Å². The highest BCUT2D eigenvalue weighted by Gasteiger charge is 2.03. The first-order valence-corrected chi connectivity index (χ1v) is 6.37. The summed E-state index contributed by atoms with van der Waals surface area (Å²) in [5.41, 5.74) is 0. The molecule has 0 N–H and O–H groups in total. The lowest BCUT2D eigenvalue weighted by Gasteiger charge is -2.13. The average molecular weight is 221 g/mol. The average Bonchev–Trinajstić information content (AvgIpc) is 2.13. The number of hydrogen-bond donors (Lipinski definition) is 0. The third kappa shape index (κ3) is 8.83. The molecule has 0 saturated heterocycles. The Hall–Kier alpha value is 0.250. The van der Waals surface area contributed by atoms with Gasteiger partial charge in [-0.3, -0.25) is 0 Å². The Bertz CT molecular complexity index is 103. The summed E-state index contributed by atoms with van der Waals surface area (Å²) in [6.07, 6.45) is 4.78. The van der Waals surface area contributed by atoms with E-state index in [4.69, 9.17) is 16.3 Å². The molecular weight excluding hydrogens is 196 g/mol. The monoisotopic (exact) mass is 220 g/mol. The van der Waals surface area contributed by atoms with Crippen molar-refractivity contribution < 1.29 is 4.74 Å². The molecule has 0 aliphatic rings. The van der Waals surface area contributed by atoms with Crippen LogP contribution in [-0.2, 0) is 4.74 Å². The highest BCUT2D eigenvalue weighted by atomic mass is 35.5. The van der Waals surface area contributed by atoms with Gasteiger partial charge in [-0.1, -0.05) is 27.2 Å². The Morgan fingerprint density at radius 3 is 2.36 bits per heavy atom. The maximum absolute atomic E-state index is 5.66. The van der Waals surface area contributed by atoms with E-state index in [2.05, 4.69) is 20.8 Å². The quantitative estimate of drug-likeness (QED) is 0.420. The Kier molecular flexibility index (Phi) is 9.97. The van der Waals surface area contributed by atoms with Gasteiger partial charge >= 0.3 is 0 Å². The highest BCUT2D eigenvalue weighted by Crippen LogP contribution is 2.10. The summed E-state index contributed by atoms with van der Waals surface area (Å²) >= 11 is 5.66. The van der Waals surface area contributed by atoms with Gasteiger partial charge < -0.3 is 4.74 Å². The summed E-state index contributed by atoms with van der Waals surface area (Å²) in [7, 11) is 0.